The van der Waals surface area contributed by atoms with Crippen molar-refractivity contribution >= 4 is 66.1 Å². The summed E-state index contributed by atoms with van der Waals surface area (Å²) in [6.07, 6.45) is 12.1. The standard InChI is InChI=1S/C25H25ClN2O3S2.C25H24N2O5S2/c1-3-12-27-33(30,31)24-8-5-20(6-9-24)10-13-28(25(29)15-21-11-14-32-18-21)17-22-16-23(26)7-4-19(22)2;1-2-12-26-34(29,30)22-8-6-19(7-9-22)10-13-27(24(28)15-20-11-14-33-17-20)16-21-4-3-5-23-25(21)32-18-31-23/h1,4-9,11,14,16,18,27H,10,12-13,15,17H2,2H3;1,3-9,11,14,17,26H,10,12-13,15-16,18H2. The summed E-state index contributed by atoms with van der Waals surface area (Å²) in [5, 5.41) is 8.50. The number of benzene rings is 4. The number of rotatable bonds is 20. The molecule has 0 aliphatic carbocycles. The van der Waals surface area contributed by atoms with Crippen molar-refractivity contribution in [3.05, 3.63) is 163 Å². The fourth-order valence-corrected chi connectivity index (χ4v) is 10.3. The molecule has 2 N–H and O–H groups in total. The Morgan fingerprint density at radius 1 is 0.672 bits per heavy atom. The van der Waals surface area contributed by atoms with E-state index < -0.39 is 20.0 Å². The van der Waals surface area contributed by atoms with Gasteiger partial charge in [-0.1, -0.05) is 65.9 Å². The number of para-hydroxylation sites is 1. The lowest BCUT2D eigenvalue weighted by Crippen LogP contribution is -2.34. The molecule has 0 bridgehead atoms. The highest BCUT2D eigenvalue weighted by atomic mass is 35.5. The van der Waals surface area contributed by atoms with Crippen LogP contribution in [0.3, 0.4) is 0 Å². The first-order valence-corrected chi connectivity index (χ1v) is 26.2. The Hall–Kier alpha value is -5.95. The number of ether oxygens (including phenoxy) is 2. The summed E-state index contributed by atoms with van der Waals surface area (Å²) in [5.74, 6) is 5.90. The first-order chi connectivity index (χ1) is 32.2. The van der Waals surface area contributed by atoms with E-state index in [1.54, 1.807) is 76.1 Å². The van der Waals surface area contributed by atoms with Crippen LogP contribution in [-0.4, -0.2) is 71.4 Å². The number of carbonyl (C=O) groups excluding carboxylic acids is 2. The van der Waals surface area contributed by atoms with Gasteiger partial charge >= 0.3 is 0 Å². The number of aryl methyl sites for hydroxylation is 1. The molecule has 0 fully saturated rings. The molecule has 2 amide bonds. The zero-order valence-electron chi connectivity index (χ0n) is 36.7. The van der Waals surface area contributed by atoms with Crippen molar-refractivity contribution in [2.45, 2.75) is 55.5 Å². The SMILES string of the molecule is C#CCNS(=O)(=O)c1ccc(CCN(Cc2cc(Cl)ccc2C)C(=O)Cc2ccsc2)cc1.C#CCNS(=O)(=O)c1ccc(CCN(Cc2cccc3c2OCO3)C(=O)Cc2ccsc2)cc1. The van der Waals surface area contributed by atoms with Gasteiger partial charge in [0.05, 0.1) is 35.7 Å². The Kier molecular flexibility index (Phi) is 18.2. The van der Waals surface area contributed by atoms with Crippen LogP contribution in [0.2, 0.25) is 5.02 Å². The number of hydrogen-bond acceptors (Lipinski definition) is 10. The van der Waals surface area contributed by atoms with Gasteiger partial charge in [-0.2, -0.15) is 32.1 Å². The molecule has 7 rings (SSSR count). The molecule has 0 spiro atoms. The summed E-state index contributed by atoms with van der Waals surface area (Å²) in [7, 11) is -7.27. The van der Waals surface area contributed by atoms with Crippen LogP contribution in [0.4, 0.5) is 0 Å². The van der Waals surface area contributed by atoms with Crippen molar-refractivity contribution in [2.24, 2.45) is 0 Å². The summed E-state index contributed by atoms with van der Waals surface area (Å²) in [4.78, 5) is 30.2. The molecule has 6 aromatic rings. The first-order valence-electron chi connectivity index (χ1n) is 21.0. The van der Waals surface area contributed by atoms with Crippen LogP contribution in [0.15, 0.2) is 128 Å². The van der Waals surface area contributed by atoms with Gasteiger partial charge < -0.3 is 19.3 Å². The normalized spacial score (nSPS) is 11.8. The molecular weight excluding hydrogens is 948 g/mol. The molecule has 2 aromatic heterocycles. The highest BCUT2D eigenvalue weighted by molar-refractivity contribution is 7.89. The van der Waals surface area contributed by atoms with Crippen molar-refractivity contribution in [2.75, 3.05) is 33.0 Å². The predicted octanol–water partition coefficient (Wildman–Crippen LogP) is 7.64. The van der Waals surface area contributed by atoms with E-state index in [9.17, 15) is 26.4 Å². The topological polar surface area (TPSA) is 151 Å². The minimum atomic E-state index is -3.64. The van der Waals surface area contributed by atoms with Crippen LogP contribution in [0.25, 0.3) is 0 Å². The van der Waals surface area contributed by atoms with Gasteiger partial charge in [-0.05, 0) is 129 Å². The molecule has 1 aliphatic heterocycles. The van der Waals surface area contributed by atoms with Gasteiger partial charge in [0.1, 0.15) is 0 Å². The van der Waals surface area contributed by atoms with Crippen LogP contribution < -0.4 is 18.9 Å². The lowest BCUT2D eigenvalue weighted by Gasteiger charge is -2.24. The van der Waals surface area contributed by atoms with Gasteiger partial charge in [0.25, 0.3) is 0 Å². The average Bonchev–Trinajstić information content (AvgIpc) is 4.15. The zero-order valence-corrected chi connectivity index (χ0v) is 40.7. The second kappa shape index (κ2) is 24.2. The van der Waals surface area contributed by atoms with Gasteiger partial charge in [-0.15, -0.1) is 12.8 Å². The quantitative estimate of drug-likeness (QED) is 0.0742. The molecular formula is C50H49ClN4O8S4. The fraction of sp³-hybridized carbons (Fsp3) is 0.240. The summed E-state index contributed by atoms with van der Waals surface area (Å²) in [6.45, 7) is 3.85. The van der Waals surface area contributed by atoms with E-state index in [1.165, 1.54) is 0 Å². The Balaban J connectivity index is 0.000000221. The summed E-state index contributed by atoms with van der Waals surface area (Å²) >= 11 is 9.31. The Labute approximate surface area is 406 Å². The molecule has 3 heterocycles. The lowest BCUT2D eigenvalue weighted by atomic mass is 10.1. The maximum atomic E-state index is 13.2. The van der Waals surface area contributed by atoms with Gasteiger partial charge in [0.15, 0.2) is 11.5 Å². The second-order valence-electron chi connectivity index (χ2n) is 15.3. The van der Waals surface area contributed by atoms with E-state index in [0.717, 1.165) is 38.9 Å². The number of halogens is 1. The minimum absolute atomic E-state index is 0.00704. The molecule has 348 valence electrons. The highest BCUT2D eigenvalue weighted by Crippen LogP contribution is 2.36. The molecule has 0 radical (unpaired) electrons. The number of terminal acetylenes is 2. The van der Waals surface area contributed by atoms with Crippen LogP contribution >= 0.6 is 34.3 Å². The number of fused-ring (bicyclic) bond motifs is 1. The van der Waals surface area contributed by atoms with Gasteiger partial charge in [-0.25, -0.2) is 16.8 Å². The monoisotopic (exact) mass is 996 g/mol. The van der Waals surface area contributed by atoms with Gasteiger partial charge in [0, 0.05) is 36.8 Å². The van der Waals surface area contributed by atoms with E-state index in [4.69, 9.17) is 33.9 Å². The fourth-order valence-electron chi connectivity index (χ4n) is 6.92. The zero-order chi connectivity index (χ0) is 47.8. The smallest absolute Gasteiger partial charge is 0.241 e. The van der Waals surface area contributed by atoms with E-state index in [1.807, 2.05) is 81.9 Å². The van der Waals surface area contributed by atoms with Crippen molar-refractivity contribution in [3.63, 3.8) is 0 Å². The van der Waals surface area contributed by atoms with Crippen LogP contribution in [0, 0.1) is 31.6 Å². The van der Waals surface area contributed by atoms with E-state index >= 15 is 0 Å². The molecule has 1 aliphatic rings. The number of nitrogens with one attached hydrogen (secondary N) is 2. The minimum Gasteiger partial charge on any atom is -0.454 e. The third-order valence-corrected chi connectivity index (χ3v) is 15.2. The van der Waals surface area contributed by atoms with Crippen LogP contribution in [0.5, 0.6) is 11.5 Å². The number of sulfonamides is 2. The predicted molar refractivity (Wildman–Crippen MR) is 264 cm³/mol. The molecule has 0 atom stereocenters. The summed E-state index contributed by atoms with van der Waals surface area (Å²) in [5.41, 5.74) is 6.78. The van der Waals surface area contributed by atoms with E-state index in [-0.39, 0.29) is 41.5 Å². The van der Waals surface area contributed by atoms with Crippen LogP contribution in [-0.2, 0) is 68.4 Å². The van der Waals surface area contributed by atoms with E-state index in [2.05, 4.69) is 21.3 Å². The maximum Gasteiger partial charge on any atom is 0.241 e. The van der Waals surface area contributed by atoms with Crippen molar-refractivity contribution in [1.29, 1.82) is 0 Å². The molecule has 0 saturated heterocycles. The van der Waals surface area contributed by atoms with Crippen molar-refractivity contribution in [3.8, 4) is 36.2 Å². The summed E-state index contributed by atoms with van der Waals surface area (Å²) < 4.78 is 64.6. The van der Waals surface area contributed by atoms with Gasteiger partial charge in [0.2, 0.25) is 38.7 Å². The highest BCUT2D eigenvalue weighted by Gasteiger charge is 2.23. The molecule has 0 unspecified atom stereocenters. The summed E-state index contributed by atoms with van der Waals surface area (Å²) in [6, 6.07) is 28.5. The number of carbonyl (C=O) groups is 2. The molecule has 0 saturated carbocycles. The van der Waals surface area contributed by atoms with E-state index in [0.29, 0.717) is 68.4 Å². The molecule has 67 heavy (non-hydrogen) atoms. The average molecular weight is 998 g/mol. The number of amides is 2. The molecule has 12 nitrogen and oxygen atoms in total. The Morgan fingerprint density at radius 2 is 1.18 bits per heavy atom. The Bertz CT molecular complexity index is 2910. The first kappa shape index (κ1) is 50.5. The molecule has 17 heteroatoms. The number of nitrogens with zero attached hydrogens (tertiary/aromatic N) is 2. The van der Waals surface area contributed by atoms with Crippen molar-refractivity contribution in [1.82, 2.24) is 19.2 Å². The van der Waals surface area contributed by atoms with Gasteiger partial charge in [-0.3, -0.25) is 9.59 Å². The second-order valence-corrected chi connectivity index (χ2v) is 20.8. The third-order valence-electron chi connectivity index (χ3n) is 10.6. The third kappa shape index (κ3) is 14.8. The molecule has 4 aromatic carbocycles. The number of thiophene rings is 2. The Morgan fingerprint density at radius 3 is 1.66 bits per heavy atom. The van der Waals surface area contributed by atoms with Crippen molar-refractivity contribution < 1.29 is 35.9 Å². The van der Waals surface area contributed by atoms with Crippen LogP contribution in [0.1, 0.15) is 38.9 Å². The lowest BCUT2D eigenvalue weighted by molar-refractivity contribution is -0.131. The number of hydrogen-bond donors (Lipinski definition) is 2. The maximum absolute atomic E-state index is 13.2. The largest absolute Gasteiger partial charge is 0.454 e.